The topological polar surface area (TPSA) is 26.3 Å². The van der Waals surface area contributed by atoms with E-state index >= 15 is 0 Å². The van der Waals surface area contributed by atoms with Crippen LogP contribution in [0.5, 0.6) is 0 Å². The van der Waals surface area contributed by atoms with Gasteiger partial charge in [-0.3, -0.25) is 0 Å². The molecule has 12 heavy (non-hydrogen) atoms. The van der Waals surface area contributed by atoms with Crippen molar-refractivity contribution >= 4 is 15.3 Å². The smallest absolute Gasteiger partial charge is 0.205 e. The van der Waals surface area contributed by atoms with Gasteiger partial charge in [0.2, 0.25) is 9.04 Å². The zero-order valence-electron chi connectivity index (χ0n) is 8.68. The van der Waals surface area contributed by atoms with Gasteiger partial charge < -0.3 is 9.22 Å². The average molecular weight is 187 g/mol. The van der Waals surface area contributed by atoms with E-state index in [2.05, 4.69) is 20.8 Å². The highest BCUT2D eigenvalue weighted by Crippen LogP contribution is 2.21. The van der Waals surface area contributed by atoms with Crippen LogP contribution < -0.4 is 0 Å². The highest BCUT2D eigenvalue weighted by atomic mass is 28.3. The van der Waals surface area contributed by atoms with E-state index in [-0.39, 0.29) is 11.5 Å². The molecule has 2 nitrogen and oxygen atoms in total. The third-order valence-corrected chi connectivity index (χ3v) is 2.13. The van der Waals surface area contributed by atoms with Gasteiger partial charge in [0.05, 0.1) is 0 Å². The van der Waals surface area contributed by atoms with Crippen molar-refractivity contribution in [3.63, 3.8) is 0 Å². The van der Waals surface area contributed by atoms with Gasteiger partial charge in [0.1, 0.15) is 12.4 Å². The van der Waals surface area contributed by atoms with Crippen LogP contribution >= 0.6 is 0 Å². The molecule has 0 aromatic carbocycles. The van der Waals surface area contributed by atoms with E-state index in [4.69, 9.17) is 4.43 Å². The van der Waals surface area contributed by atoms with E-state index in [1.807, 2.05) is 13.1 Å². The first kappa shape index (κ1) is 11.8. The molecular weight excluding hydrogens is 168 g/mol. The number of carbonyl (C=O) groups is 1. The maximum absolute atomic E-state index is 10.6. The largest absolute Gasteiger partial charge is 0.408 e. The van der Waals surface area contributed by atoms with Gasteiger partial charge in [-0.1, -0.05) is 20.8 Å². The molecule has 0 heterocycles. The van der Waals surface area contributed by atoms with E-state index in [1.165, 1.54) is 0 Å². The van der Waals surface area contributed by atoms with Crippen molar-refractivity contribution in [3.05, 3.63) is 0 Å². The van der Waals surface area contributed by atoms with Gasteiger partial charge in [-0.2, -0.15) is 0 Å². The Bertz CT molecular complexity index is 138. The normalized spacial score (nSPS) is 14.8. The molecule has 1 atom stereocenters. The minimum Gasteiger partial charge on any atom is -0.408 e. The molecule has 1 radical (unpaired) electrons. The van der Waals surface area contributed by atoms with Crippen LogP contribution in [0.3, 0.4) is 0 Å². The van der Waals surface area contributed by atoms with Gasteiger partial charge >= 0.3 is 0 Å². The Kier molecular flexibility index (Phi) is 4.71. The third-order valence-electron chi connectivity index (χ3n) is 1.35. The maximum atomic E-state index is 10.6. The monoisotopic (exact) mass is 187 g/mol. The number of carbonyl (C=O) groups excluding carboxylic acids is 1. The van der Waals surface area contributed by atoms with Crippen molar-refractivity contribution in [1.29, 1.82) is 0 Å². The predicted molar refractivity (Wildman–Crippen MR) is 52.5 cm³/mol. The molecular formula is C9H19O2Si. The van der Waals surface area contributed by atoms with Crippen LogP contribution in [0.4, 0.5) is 0 Å². The molecule has 0 rings (SSSR count). The Morgan fingerprint density at radius 3 is 2.17 bits per heavy atom. The molecule has 0 aliphatic rings. The molecule has 0 fully saturated rings. The van der Waals surface area contributed by atoms with Gasteiger partial charge in [0.25, 0.3) is 0 Å². The Balaban J connectivity index is 3.92. The van der Waals surface area contributed by atoms with E-state index < -0.39 is 9.04 Å². The van der Waals surface area contributed by atoms with Crippen molar-refractivity contribution in [2.24, 2.45) is 5.41 Å². The lowest BCUT2D eigenvalue weighted by Gasteiger charge is -2.23. The lowest BCUT2D eigenvalue weighted by molar-refractivity contribution is -0.115. The van der Waals surface area contributed by atoms with Crippen molar-refractivity contribution in [2.45, 2.75) is 46.4 Å². The molecule has 0 spiro atoms. The maximum Gasteiger partial charge on any atom is 0.205 e. The Morgan fingerprint density at radius 1 is 1.42 bits per heavy atom. The summed E-state index contributed by atoms with van der Waals surface area (Å²) >= 11 is 0. The first-order valence-electron chi connectivity index (χ1n) is 4.27. The van der Waals surface area contributed by atoms with Gasteiger partial charge in [0.15, 0.2) is 0 Å². The molecule has 71 valence electrons. The third kappa shape index (κ3) is 6.55. The summed E-state index contributed by atoms with van der Waals surface area (Å²) in [6.45, 7) is 10.4. The second-order valence-corrected chi connectivity index (χ2v) is 6.52. The number of hydrogen-bond acceptors (Lipinski definition) is 2. The van der Waals surface area contributed by atoms with Crippen LogP contribution in [0.15, 0.2) is 0 Å². The lowest BCUT2D eigenvalue weighted by atomic mass is 9.90. The van der Waals surface area contributed by atoms with E-state index in [0.717, 1.165) is 12.7 Å². The average Bonchev–Trinajstić information content (AvgIpc) is 1.82. The molecule has 0 bridgehead atoms. The highest BCUT2D eigenvalue weighted by molar-refractivity contribution is 6.48. The Morgan fingerprint density at radius 2 is 1.92 bits per heavy atom. The zero-order valence-corrected chi connectivity index (χ0v) is 9.68. The molecule has 0 aliphatic heterocycles. The van der Waals surface area contributed by atoms with Gasteiger partial charge in [-0.25, -0.2) is 0 Å². The fraction of sp³-hybridized carbons (Fsp3) is 0.889. The van der Waals surface area contributed by atoms with Crippen molar-refractivity contribution in [1.82, 2.24) is 0 Å². The number of hydrogen-bond donors (Lipinski definition) is 0. The minimum absolute atomic E-state index is 0.170. The second kappa shape index (κ2) is 4.77. The van der Waals surface area contributed by atoms with E-state index in [9.17, 15) is 4.79 Å². The van der Waals surface area contributed by atoms with Gasteiger partial charge in [0, 0.05) is 0 Å². The summed E-state index contributed by atoms with van der Waals surface area (Å²) in [6, 6.07) is 0. The van der Waals surface area contributed by atoms with Gasteiger partial charge in [-0.15, -0.1) is 0 Å². The van der Waals surface area contributed by atoms with E-state index in [1.54, 1.807) is 0 Å². The van der Waals surface area contributed by atoms with Crippen LogP contribution in [-0.2, 0) is 9.22 Å². The van der Waals surface area contributed by atoms with Crippen LogP contribution in [0, 0.1) is 5.41 Å². The molecule has 0 saturated heterocycles. The highest BCUT2D eigenvalue weighted by Gasteiger charge is 2.19. The molecule has 0 N–H and O–H groups in total. The number of aldehydes is 1. The van der Waals surface area contributed by atoms with Crippen molar-refractivity contribution in [3.8, 4) is 0 Å². The Hall–Kier alpha value is -0.153. The molecule has 0 aromatic rings. The van der Waals surface area contributed by atoms with Crippen LogP contribution in [-0.4, -0.2) is 21.4 Å². The number of rotatable bonds is 4. The van der Waals surface area contributed by atoms with Crippen LogP contribution in [0.2, 0.25) is 13.1 Å². The summed E-state index contributed by atoms with van der Waals surface area (Å²) in [4.78, 5) is 10.6. The van der Waals surface area contributed by atoms with Crippen molar-refractivity contribution < 1.29 is 9.22 Å². The summed E-state index contributed by atoms with van der Waals surface area (Å²) in [5.74, 6) is 0. The minimum atomic E-state index is -0.748. The van der Waals surface area contributed by atoms with Gasteiger partial charge in [-0.05, 0) is 24.9 Å². The molecule has 0 aliphatic carbocycles. The molecule has 0 aromatic heterocycles. The fourth-order valence-electron chi connectivity index (χ4n) is 1.02. The quantitative estimate of drug-likeness (QED) is 0.498. The zero-order chi connectivity index (χ0) is 9.78. The summed E-state index contributed by atoms with van der Waals surface area (Å²) < 4.78 is 5.51. The lowest BCUT2D eigenvalue weighted by Crippen LogP contribution is -2.26. The molecule has 1 unspecified atom stereocenters. The SMILES string of the molecule is C[Si](C)OC(C=O)CC(C)(C)C. The molecule has 0 amide bonds. The first-order valence-corrected chi connectivity index (χ1v) is 6.68. The first-order chi connectivity index (χ1) is 5.35. The standard InChI is InChI=1S/C9H19O2Si/c1-9(2,3)6-8(7-10)11-12(4)5/h7-8H,6H2,1-5H3. The molecule has 3 heteroatoms. The summed E-state index contributed by atoms with van der Waals surface area (Å²) in [5, 5.41) is 0. The summed E-state index contributed by atoms with van der Waals surface area (Å²) in [7, 11) is -0.748. The van der Waals surface area contributed by atoms with E-state index in [0.29, 0.717) is 0 Å². The summed E-state index contributed by atoms with van der Waals surface area (Å²) in [5.41, 5.74) is 0.170. The van der Waals surface area contributed by atoms with Crippen LogP contribution in [0.1, 0.15) is 27.2 Å². The predicted octanol–water partition coefficient (Wildman–Crippen LogP) is 2.26. The molecule has 0 saturated carbocycles. The fourth-order valence-corrected chi connectivity index (χ4v) is 1.77. The second-order valence-electron chi connectivity index (χ2n) is 4.47. The van der Waals surface area contributed by atoms with Crippen molar-refractivity contribution in [2.75, 3.05) is 0 Å². The Labute approximate surface area is 77.0 Å². The summed E-state index contributed by atoms with van der Waals surface area (Å²) in [6.07, 6.45) is 1.53. The van der Waals surface area contributed by atoms with Crippen LogP contribution in [0.25, 0.3) is 0 Å².